The number of hydrogen-bond acceptors (Lipinski definition) is 7. The summed E-state index contributed by atoms with van der Waals surface area (Å²) in [6.45, 7) is 1.88. The van der Waals surface area contributed by atoms with Crippen LogP contribution in [0.3, 0.4) is 0 Å². The predicted octanol–water partition coefficient (Wildman–Crippen LogP) is 3.26. The Balaban J connectivity index is 1.51. The molecule has 1 fully saturated rings. The molecule has 0 saturated carbocycles. The number of aromatic hydroxyl groups is 1. The van der Waals surface area contributed by atoms with E-state index in [0.717, 1.165) is 11.1 Å². The minimum atomic E-state index is -1.15. The van der Waals surface area contributed by atoms with Gasteiger partial charge in [0.05, 0.1) is 11.9 Å². The van der Waals surface area contributed by atoms with Gasteiger partial charge in [0.25, 0.3) is 0 Å². The maximum atomic E-state index is 13.9. The Morgan fingerprint density at radius 2 is 1.36 bits per heavy atom. The molecule has 3 aromatic carbocycles. The molecular formula is C35H39ClN4O7. The number of nitrogens with zero attached hydrogens (tertiary/aromatic N) is 1. The van der Waals surface area contributed by atoms with Crippen LogP contribution in [0.1, 0.15) is 36.5 Å². The van der Waals surface area contributed by atoms with E-state index in [1.807, 2.05) is 36.4 Å². The minimum Gasteiger partial charge on any atom is -0.508 e. The maximum absolute atomic E-state index is 13.9. The molecule has 0 aliphatic carbocycles. The fraction of sp³-hybridized carbons (Fsp3) is 0.343. The lowest BCUT2D eigenvalue weighted by Gasteiger charge is -2.27. The molecule has 1 heterocycles. The Labute approximate surface area is 278 Å². The normalized spacial score (nSPS) is 16.0. The van der Waals surface area contributed by atoms with Crippen LogP contribution in [0.15, 0.2) is 84.9 Å². The van der Waals surface area contributed by atoms with Gasteiger partial charge in [-0.1, -0.05) is 72.8 Å². The molecule has 0 spiro atoms. The molecule has 248 valence electrons. The number of alkyl halides is 1. The van der Waals surface area contributed by atoms with Gasteiger partial charge in [-0.25, -0.2) is 4.79 Å². The number of halogens is 1. The standard InChI is InChI=1S/C35H39ClN4O7/c1-23(31(42)21-36)37-32(43)28(19-24-9-4-2-5-10-24)38-33(44)29(20-25-14-16-27(41)17-15-25)39-34(45)30-13-8-18-40(30)35(46)47-22-26-11-6-3-7-12-26/h2-7,9-12,14-17,23,28-30,41H,8,13,18-22H2,1H3,(H,37,43)(H,38,44)(H,39,45). The summed E-state index contributed by atoms with van der Waals surface area (Å²) in [5.74, 6) is -2.40. The van der Waals surface area contributed by atoms with E-state index in [2.05, 4.69) is 16.0 Å². The molecule has 4 atom stereocenters. The van der Waals surface area contributed by atoms with Gasteiger partial charge < -0.3 is 25.8 Å². The second-order valence-electron chi connectivity index (χ2n) is 11.4. The fourth-order valence-corrected chi connectivity index (χ4v) is 5.48. The summed E-state index contributed by atoms with van der Waals surface area (Å²) in [5.41, 5.74) is 2.21. The summed E-state index contributed by atoms with van der Waals surface area (Å²) < 4.78 is 5.47. The van der Waals surface area contributed by atoms with E-state index >= 15 is 0 Å². The molecule has 4 amide bonds. The molecular weight excluding hydrogens is 624 g/mol. The van der Waals surface area contributed by atoms with Crippen molar-refractivity contribution >= 4 is 41.2 Å². The molecule has 1 aliphatic rings. The summed E-state index contributed by atoms with van der Waals surface area (Å²) in [6.07, 6.45) is 0.469. The summed E-state index contributed by atoms with van der Waals surface area (Å²) in [7, 11) is 0. The van der Waals surface area contributed by atoms with E-state index in [1.165, 1.54) is 24.0 Å². The topological polar surface area (TPSA) is 154 Å². The number of rotatable bonds is 14. The molecule has 4 N–H and O–H groups in total. The van der Waals surface area contributed by atoms with Crippen molar-refractivity contribution in [3.63, 3.8) is 0 Å². The average molecular weight is 663 g/mol. The third kappa shape index (κ3) is 10.3. The van der Waals surface area contributed by atoms with E-state index in [0.29, 0.717) is 24.9 Å². The number of likely N-dealkylation sites (tertiary alicyclic amines) is 1. The summed E-state index contributed by atoms with van der Waals surface area (Å²) in [6, 6.07) is 20.4. The van der Waals surface area contributed by atoms with Crippen LogP contribution in [0.2, 0.25) is 0 Å². The molecule has 0 bridgehead atoms. The van der Waals surface area contributed by atoms with Crippen molar-refractivity contribution in [3.8, 4) is 5.75 Å². The van der Waals surface area contributed by atoms with Gasteiger partial charge in [-0.3, -0.25) is 24.1 Å². The number of carbonyl (C=O) groups is 5. The number of phenols is 1. The zero-order valence-corrected chi connectivity index (χ0v) is 26.8. The Morgan fingerprint density at radius 1 is 0.809 bits per heavy atom. The van der Waals surface area contributed by atoms with Crippen LogP contribution in [-0.2, 0) is 43.4 Å². The van der Waals surface area contributed by atoms with E-state index in [4.69, 9.17) is 16.3 Å². The van der Waals surface area contributed by atoms with Crippen LogP contribution in [0, 0.1) is 0 Å². The van der Waals surface area contributed by atoms with E-state index < -0.39 is 48.0 Å². The van der Waals surface area contributed by atoms with Gasteiger partial charge in [-0.2, -0.15) is 0 Å². The van der Waals surface area contributed by atoms with Crippen molar-refractivity contribution in [1.82, 2.24) is 20.9 Å². The predicted molar refractivity (Wildman–Crippen MR) is 176 cm³/mol. The van der Waals surface area contributed by atoms with Gasteiger partial charge in [0.15, 0.2) is 5.78 Å². The summed E-state index contributed by atoms with van der Waals surface area (Å²) in [5, 5.41) is 17.9. The lowest BCUT2D eigenvalue weighted by Crippen LogP contribution is -2.58. The first-order chi connectivity index (χ1) is 22.6. The SMILES string of the molecule is CC(NC(=O)C(Cc1ccccc1)NC(=O)C(Cc1ccc(O)cc1)NC(=O)C1CCCN1C(=O)OCc1ccccc1)C(=O)CCl. The molecule has 3 aromatic rings. The summed E-state index contributed by atoms with van der Waals surface area (Å²) >= 11 is 5.67. The lowest BCUT2D eigenvalue weighted by molar-refractivity contribution is -0.134. The number of carbonyl (C=O) groups excluding carboxylic acids is 5. The van der Waals surface area contributed by atoms with Crippen LogP contribution in [0.5, 0.6) is 5.75 Å². The largest absolute Gasteiger partial charge is 0.508 e. The van der Waals surface area contributed by atoms with E-state index in [9.17, 15) is 29.1 Å². The van der Waals surface area contributed by atoms with E-state index in [-0.39, 0.29) is 36.9 Å². The zero-order chi connectivity index (χ0) is 33.8. The Morgan fingerprint density at radius 3 is 1.98 bits per heavy atom. The minimum absolute atomic E-state index is 0.0316. The third-order valence-corrected chi connectivity index (χ3v) is 8.16. The highest BCUT2D eigenvalue weighted by molar-refractivity contribution is 6.28. The first-order valence-corrected chi connectivity index (χ1v) is 16.0. The zero-order valence-electron chi connectivity index (χ0n) is 26.1. The van der Waals surface area contributed by atoms with Crippen molar-refractivity contribution in [3.05, 3.63) is 102 Å². The molecule has 12 heteroatoms. The molecule has 0 radical (unpaired) electrons. The first-order valence-electron chi connectivity index (χ1n) is 15.4. The van der Waals surface area contributed by atoms with Gasteiger partial charge in [0.2, 0.25) is 17.7 Å². The second-order valence-corrected chi connectivity index (χ2v) is 11.7. The number of nitrogens with one attached hydrogen (secondary N) is 3. The fourth-order valence-electron chi connectivity index (χ4n) is 5.25. The van der Waals surface area contributed by atoms with Crippen molar-refractivity contribution in [1.29, 1.82) is 0 Å². The highest BCUT2D eigenvalue weighted by Gasteiger charge is 2.37. The lowest BCUT2D eigenvalue weighted by atomic mass is 10.0. The van der Waals surface area contributed by atoms with Crippen molar-refractivity contribution in [2.24, 2.45) is 0 Å². The van der Waals surface area contributed by atoms with Gasteiger partial charge in [0.1, 0.15) is 30.5 Å². The number of ether oxygens (including phenoxy) is 1. The summed E-state index contributed by atoms with van der Waals surface area (Å²) in [4.78, 5) is 67.3. The van der Waals surface area contributed by atoms with Crippen LogP contribution < -0.4 is 16.0 Å². The highest BCUT2D eigenvalue weighted by atomic mass is 35.5. The number of ketones is 1. The van der Waals surface area contributed by atoms with Crippen molar-refractivity contribution in [2.75, 3.05) is 12.4 Å². The van der Waals surface area contributed by atoms with Gasteiger partial charge >= 0.3 is 6.09 Å². The number of phenolic OH excluding ortho intramolecular Hbond substituents is 1. The van der Waals surface area contributed by atoms with Gasteiger partial charge in [-0.05, 0) is 48.6 Å². The monoisotopic (exact) mass is 662 g/mol. The molecule has 0 aromatic heterocycles. The number of amides is 4. The van der Waals surface area contributed by atoms with Crippen molar-refractivity contribution in [2.45, 2.75) is 63.4 Å². The van der Waals surface area contributed by atoms with E-state index in [1.54, 1.807) is 36.4 Å². The molecule has 1 aliphatic heterocycles. The van der Waals surface area contributed by atoms with Crippen LogP contribution in [0.4, 0.5) is 4.79 Å². The van der Waals surface area contributed by atoms with Crippen LogP contribution in [0.25, 0.3) is 0 Å². The maximum Gasteiger partial charge on any atom is 0.410 e. The average Bonchev–Trinajstić information content (AvgIpc) is 3.58. The van der Waals surface area contributed by atoms with Gasteiger partial charge in [0, 0.05) is 19.4 Å². The Kier molecular flexibility index (Phi) is 12.7. The quantitative estimate of drug-likeness (QED) is 0.193. The Bertz CT molecular complexity index is 1520. The van der Waals surface area contributed by atoms with Crippen molar-refractivity contribution < 1.29 is 33.8 Å². The van der Waals surface area contributed by atoms with Crippen LogP contribution in [-0.4, -0.2) is 76.2 Å². The molecule has 1 saturated heterocycles. The number of benzene rings is 3. The molecule has 47 heavy (non-hydrogen) atoms. The number of hydrogen-bond donors (Lipinski definition) is 4. The molecule has 11 nitrogen and oxygen atoms in total. The second kappa shape index (κ2) is 17.1. The smallest absolute Gasteiger partial charge is 0.410 e. The third-order valence-electron chi connectivity index (χ3n) is 7.89. The van der Waals surface area contributed by atoms with Crippen LogP contribution >= 0.6 is 11.6 Å². The first kappa shape index (κ1) is 35.0. The molecule has 4 rings (SSSR count). The number of Topliss-reactive ketones (excluding diaryl/α,β-unsaturated/α-hetero) is 1. The molecule has 4 unspecified atom stereocenters. The van der Waals surface area contributed by atoms with Gasteiger partial charge in [-0.15, -0.1) is 11.6 Å². The highest BCUT2D eigenvalue weighted by Crippen LogP contribution is 2.20. The Hall–Kier alpha value is -4.90.